The zero-order valence-electron chi connectivity index (χ0n) is 15.7. The third kappa shape index (κ3) is 3.80. The normalized spacial score (nSPS) is 11.0. The highest BCUT2D eigenvalue weighted by molar-refractivity contribution is 6.31. The topological polar surface area (TPSA) is 82.3 Å². The van der Waals surface area contributed by atoms with Crippen molar-refractivity contribution in [2.75, 3.05) is 7.11 Å². The summed E-state index contributed by atoms with van der Waals surface area (Å²) in [5.74, 6) is 0.263. The molecule has 3 rings (SSSR count). The minimum atomic E-state index is -0.621. The SMILES string of the molecule is COc1ccc(-n2c(=O)c3ccc(Cl)cc3n(CC(=O)NC(C)C)c2=O)cc1. The fraction of sp³-hybridized carbons (Fsp3) is 0.250. The number of aromatic nitrogens is 2. The van der Waals surface area contributed by atoms with Crippen molar-refractivity contribution >= 4 is 28.4 Å². The quantitative estimate of drug-likeness (QED) is 0.711. The lowest BCUT2D eigenvalue weighted by Crippen LogP contribution is -2.42. The molecule has 28 heavy (non-hydrogen) atoms. The molecule has 146 valence electrons. The first-order valence-electron chi connectivity index (χ1n) is 8.70. The minimum Gasteiger partial charge on any atom is -0.497 e. The van der Waals surface area contributed by atoms with Crippen LogP contribution in [0.15, 0.2) is 52.1 Å². The lowest BCUT2D eigenvalue weighted by atomic mass is 10.2. The predicted octanol–water partition coefficient (Wildman–Crippen LogP) is 2.34. The Balaban J connectivity index is 2.27. The van der Waals surface area contributed by atoms with Crippen molar-refractivity contribution in [2.45, 2.75) is 26.4 Å². The molecule has 0 aliphatic heterocycles. The van der Waals surface area contributed by atoms with Gasteiger partial charge in [0.05, 0.1) is 23.7 Å². The van der Waals surface area contributed by atoms with E-state index in [9.17, 15) is 14.4 Å². The van der Waals surface area contributed by atoms with Crippen LogP contribution >= 0.6 is 11.6 Å². The predicted molar refractivity (Wildman–Crippen MR) is 109 cm³/mol. The van der Waals surface area contributed by atoms with E-state index in [-0.39, 0.29) is 23.9 Å². The number of nitrogens with one attached hydrogen (secondary N) is 1. The highest BCUT2D eigenvalue weighted by Gasteiger charge is 2.17. The lowest BCUT2D eigenvalue weighted by molar-refractivity contribution is -0.122. The summed E-state index contributed by atoms with van der Waals surface area (Å²) in [6, 6.07) is 11.1. The summed E-state index contributed by atoms with van der Waals surface area (Å²) in [6.07, 6.45) is 0. The number of amides is 1. The Morgan fingerprint density at radius 1 is 1.14 bits per heavy atom. The number of rotatable bonds is 5. The second-order valence-electron chi connectivity index (χ2n) is 6.59. The van der Waals surface area contributed by atoms with Crippen molar-refractivity contribution in [1.82, 2.24) is 14.5 Å². The molecule has 1 heterocycles. The monoisotopic (exact) mass is 401 g/mol. The summed E-state index contributed by atoms with van der Waals surface area (Å²) in [5.41, 5.74) is -0.414. The van der Waals surface area contributed by atoms with Crippen LogP contribution in [0, 0.1) is 0 Å². The van der Waals surface area contributed by atoms with Crippen LogP contribution in [0.4, 0.5) is 0 Å². The van der Waals surface area contributed by atoms with Crippen LogP contribution in [0.5, 0.6) is 5.75 Å². The van der Waals surface area contributed by atoms with Crippen molar-refractivity contribution in [3.63, 3.8) is 0 Å². The Kier molecular flexibility index (Phi) is 5.56. The highest BCUT2D eigenvalue weighted by Crippen LogP contribution is 2.17. The maximum Gasteiger partial charge on any atom is 0.336 e. The molecule has 0 radical (unpaired) electrons. The van der Waals surface area contributed by atoms with Crippen LogP contribution in [0.25, 0.3) is 16.6 Å². The van der Waals surface area contributed by atoms with Gasteiger partial charge in [-0.05, 0) is 56.3 Å². The molecular formula is C20H20ClN3O4. The van der Waals surface area contributed by atoms with Gasteiger partial charge in [-0.15, -0.1) is 0 Å². The molecule has 3 aromatic rings. The average Bonchev–Trinajstić information content (AvgIpc) is 2.65. The van der Waals surface area contributed by atoms with Gasteiger partial charge in [0.1, 0.15) is 12.3 Å². The van der Waals surface area contributed by atoms with Crippen molar-refractivity contribution in [3.8, 4) is 11.4 Å². The van der Waals surface area contributed by atoms with E-state index in [1.807, 2.05) is 13.8 Å². The van der Waals surface area contributed by atoms with Gasteiger partial charge >= 0.3 is 5.69 Å². The first-order valence-corrected chi connectivity index (χ1v) is 9.08. The van der Waals surface area contributed by atoms with Crippen molar-refractivity contribution in [3.05, 3.63) is 68.3 Å². The average molecular weight is 402 g/mol. The smallest absolute Gasteiger partial charge is 0.336 e. The molecule has 2 aromatic carbocycles. The molecule has 7 nitrogen and oxygen atoms in total. The maximum atomic E-state index is 13.2. The number of nitrogens with zero attached hydrogens (tertiary/aromatic N) is 2. The van der Waals surface area contributed by atoms with Crippen molar-refractivity contribution in [1.29, 1.82) is 0 Å². The summed E-state index contributed by atoms with van der Waals surface area (Å²) >= 11 is 6.07. The summed E-state index contributed by atoms with van der Waals surface area (Å²) in [7, 11) is 1.53. The van der Waals surface area contributed by atoms with Gasteiger partial charge in [0.2, 0.25) is 5.91 Å². The fourth-order valence-electron chi connectivity index (χ4n) is 2.96. The van der Waals surface area contributed by atoms with E-state index in [2.05, 4.69) is 5.32 Å². The Bertz CT molecular complexity index is 1150. The molecule has 0 saturated carbocycles. The number of carbonyl (C=O) groups is 1. The molecule has 0 aliphatic carbocycles. The summed E-state index contributed by atoms with van der Waals surface area (Å²) in [4.78, 5) is 38.5. The number of hydrogen-bond donors (Lipinski definition) is 1. The van der Waals surface area contributed by atoms with Gasteiger partial charge in [0.15, 0.2) is 0 Å². The highest BCUT2D eigenvalue weighted by atomic mass is 35.5. The Labute approximate surface area is 166 Å². The van der Waals surface area contributed by atoms with Crippen LogP contribution in [-0.2, 0) is 11.3 Å². The van der Waals surface area contributed by atoms with Crippen LogP contribution in [0.3, 0.4) is 0 Å². The van der Waals surface area contributed by atoms with E-state index < -0.39 is 11.2 Å². The number of methoxy groups -OCH3 is 1. The molecule has 0 atom stereocenters. The van der Waals surface area contributed by atoms with E-state index >= 15 is 0 Å². The second-order valence-corrected chi connectivity index (χ2v) is 7.03. The Hall–Kier alpha value is -3.06. The third-order valence-corrected chi connectivity index (χ3v) is 4.42. The van der Waals surface area contributed by atoms with Gasteiger partial charge < -0.3 is 10.1 Å². The van der Waals surface area contributed by atoms with Crippen LogP contribution in [0.2, 0.25) is 5.02 Å². The van der Waals surface area contributed by atoms with Gasteiger partial charge in [0, 0.05) is 11.1 Å². The number of ether oxygens (including phenoxy) is 1. The molecule has 0 bridgehead atoms. The van der Waals surface area contributed by atoms with Gasteiger partial charge in [-0.3, -0.25) is 14.2 Å². The molecule has 1 N–H and O–H groups in total. The number of hydrogen-bond acceptors (Lipinski definition) is 4. The minimum absolute atomic E-state index is 0.0782. The van der Waals surface area contributed by atoms with Gasteiger partial charge in [-0.2, -0.15) is 0 Å². The molecule has 0 fully saturated rings. The molecule has 8 heteroatoms. The number of halogens is 1. The zero-order valence-corrected chi connectivity index (χ0v) is 16.5. The van der Waals surface area contributed by atoms with Gasteiger partial charge in [0.25, 0.3) is 5.56 Å². The van der Waals surface area contributed by atoms with E-state index in [1.165, 1.54) is 17.7 Å². The van der Waals surface area contributed by atoms with E-state index in [0.717, 1.165) is 4.57 Å². The van der Waals surface area contributed by atoms with E-state index in [0.29, 0.717) is 22.0 Å². The lowest BCUT2D eigenvalue weighted by Gasteiger charge is -2.15. The van der Waals surface area contributed by atoms with E-state index in [1.54, 1.807) is 36.4 Å². The standard InChI is InChI=1S/C20H20ClN3O4/c1-12(2)22-18(25)11-23-17-10-13(21)4-9-16(17)19(26)24(20(23)27)14-5-7-15(28-3)8-6-14/h4-10,12H,11H2,1-3H3,(H,22,25). The molecule has 1 aromatic heterocycles. The zero-order chi connectivity index (χ0) is 20.4. The van der Waals surface area contributed by atoms with Gasteiger partial charge in [-0.25, -0.2) is 9.36 Å². The molecule has 0 aliphatic rings. The Morgan fingerprint density at radius 3 is 2.43 bits per heavy atom. The van der Waals surface area contributed by atoms with Gasteiger partial charge in [-0.1, -0.05) is 11.6 Å². The van der Waals surface area contributed by atoms with Crippen LogP contribution in [-0.4, -0.2) is 28.2 Å². The first-order chi connectivity index (χ1) is 13.3. The molecule has 0 spiro atoms. The summed E-state index contributed by atoms with van der Waals surface area (Å²) in [6.45, 7) is 3.42. The largest absolute Gasteiger partial charge is 0.497 e. The first kappa shape index (κ1) is 19.7. The molecule has 0 saturated heterocycles. The van der Waals surface area contributed by atoms with Crippen molar-refractivity contribution < 1.29 is 9.53 Å². The third-order valence-electron chi connectivity index (χ3n) is 4.19. The number of carbonyl (C=O) groups excluding carboxylic acids is 1. The van der Waals surface area contributed by atoms with Crippen LogP contribution in [0.1, 0.15) is 13.8 Å². The summed E-state index contributed by atoms with van der Waals surface area (Å²) < 4.78 is 7.42. The molecular weight excluding hydrogens is 382 g/mol. The molecule has 1 amide bonds. The maximum absolute atomic E-state index is 13.2. The fourth-order valence-corrected chi connectivity index (χ4v) is 3.13. The van der Waals surface area contributed by atoms with Crippen LogP contribution < -0.4 is 21.3 Å². The van der Waals surface area contributed by atoms with Crippen molar-refractivity contribution in [2.24, 2.45) is 0 Å². The summed E-state index contributed by atoms with van der Waals surface area (Å²) in [5, 5.41) is 3.41. The number of fused-ring (bicyclic) bond motifs is 1. The number of benzene rings is 2. The Morgan fingerprint density at radius 2 is 1.82 bits per heavy atom. The molecule has 0 unspecified atom stereocenters. The second kappa shape index (κ2) is 7.90. The van der Waals surface area contributed by atoms with E-state index in [4.69, 9.17) is 16.3 Å².